The first-order valence-electron chi connectivity index (χ1n) is 9.94. The molecule has 1 amide bonds. The number of carbonyl (C=O) groups excluding carboxylic acids is 1. The van der Waals surface area contributed by atoms with Gasteiger partial charge in [-0.3, -0.25) is 24.3 Å². The Morgan fingerprint density at radius 2 is 1.81 bits per heavy atom. The fourth-order valence-corrected chi connectivity index (χ4v) is 2.82. The summed E-state index contributed by atoms with van der Waals surface area (Å²) in [6.07, 6.45) is -4.52. The number of hydrogen-bond donors (Lipinski definition) is 5. The average molecular weight is 553 g/mol. The number of carbonyl (C=O) groups is 1. The molecule has 3 aromatic rings. The van der Waals surface area contributed by atoms with Gasteiger partial charge in [0.1, 0.15) is 0 Å². The molecule has 11 nitrogen and oxygen atoms in total. The number of amides is 1. The highest BCUT2D eigenvalue weighted by Gasteiger charge is 2.31. The molecule has 0 saturated heterocycles. The van der Waals surface area contributed by atoms with E-state index in [2.05, 4.69) is 25.8 Å². The third-order valence-corrected chi connectivity index (χ3v) is 4.30. The molecule has 0 bridgehead atoms. The maximum absolute atomic E-state index is 13.5. The molecule has 37 heavy (non-hydrogen) atoms. The molecular weight excluding hydrogens is 533 g/mol. The Morgan fingerprint density at radius 3 is 2.38 bits per heavy atom. The Labute approximate surface area is 206 Å². The molecule has 3 rings (SSSR count). The van der Waals surface area contributed by atoms with Gasteiger partial charge in [0.15, 0.2) is 17.5 Å². The third-order valence-electron chi connectivity index (χ3n) is 4.30. The number of fused-ring (bicyclic) bond motifs is 1. The van der Waals surface area contributed by atoms with Crippen molar-refractivity contribution in [3.8, 4) is 0 Å². The van der Waals surface area contributed by atoms with Crippen LogP contribution >= 0.6 is 0 Å². The van der Waals surface area contributed by atoms with E-state index in [0.717, 1.165) is 30.3 Å². The van der Waals surface area contributed by atoms with E-state index in [9.17, 15) is 26.7 Å². The number of guanidine groups is 1. The van der Waals surface area contributed by atoms with Crippen LogP contribution in [-0.4, -0.2) is 59.3 Å². The van der Waals surface area contributed by atoms with Gasteiger partial charge in [-0.2, -0.15) is 26.7 Å². The van der Waals surface area contributed by atoms with Crippen molar-refractivity contribution in [3.63, 3.8) is 0 Å². The van der Waals surface area contributed by atoms with Crippen LogP contribution in [-0.2, 0) is 21.3 Å². The number of nitrogens with one attached hydrogen (secondary N) is 3. The van der Waals surface area contributed by atoms with Crippen LogP contribution in [0.15, 0.2) is 41.4 Å². The molecule has 0 aliphatic carbocycles. The highest BCUT2D eigenvalue weighted by molar-refractivity contribution is 7.79. The first-order valence-corrected chi connectivity index (χ1v) is 11.3. The van der Waals surface area contributed by atoms with Gasteiger partial charge in [-0.15, -0.1) is 0 Å². The minimum Gasteiger partial charge on any atom is -0.382 e. The summed E-state index contributed by atoms with van der Waals surface area (Å²) in [7, 11) is -3.21. The van der Waals surface area contributed by atoms with E-state index < -0.39 is 45.7 Å². The average Bonchev–Trinajstić information content (AvgIpc) is 3.16. The maximum atomic E-state index is 13.5. The summed E-state index contributed by atoms with van der Waals surface area (Å²) in [5.74, 6) is -3.11. The lowest BCUT2D eigenvalue weighted by molar-refractivity contribution is -0.137. The summed E-state index contributed by atoms with van der Waals surface area (Å²) in [5.41, 5.74) is -0.910. The van der Waals surface area contributed by atoms with E-state index >= 15 is 0 Å². The first-order chi connectivity index (χ1) is 17.1. The number of anilines is 1. The van der Waals surface area contributed by atoms with Gasteiger partial charge < -0.3 is 10.1 Å². The van der Waals surface area contributed by atoms with E-state index in [1.807, 2.05) is 0 Å². The van der Waals surface area contributed by atoms with Crippen LogP contribution in [0.2, 0.25) is 0 Å². The SMILES string of the molecule is COC[C@H](C)N=C(NC(=O)c1ccc(F)c(F)c1)Nc1n[nH]c2cc(C(F)(F)F)ccc12.O=S(=O)(O)O. The van der Waals surface area contributed by atoms with Gasteiger partial charge in [0.25, 0.3) is 5.91 Å². The van der Waals surface area contributed by atoms with Crippen molar-refractivity contribution in [2.45, 2.75) is 19.1 Å². The molecule has 2 aromatic carbocycles. The number of rotatable bonds is 5. The van der Waals surface area contributed by atoms with Crippen molar-refractivity contribution in [2.24, 2.45) is 4.99 Å². The van der Waals surface area contributed by atoms with Gasteiger partial charge in [-0.05, 0) is 43.3 Å². The predicted molar refractivity (Wildman–Crippen MR) is 121 cm³/mol. The number of hydrogen-bond acceptors (Lipinski definition) is 6. The van der Waals surface area contributed by atoms with Crippen LogP contribution in [0.4, 0.5) is 27.8 Å². The molecule has 1 heterocycles. The molecule has 0 saturated carbocycles. The van der Waals surface area contributed by atoms with Crippen molar-refractivity contribution >= 4 is 39.0 Å². The quantitative estimate of drug-likeness (QED) is 0.139. The predicted octanol–water partition coefficient (Wildman–Crippen LogP) is 3.44. The Kier molecular flexibility index (Phi) is 9.62. The Hall–Kier alpha value is -3.67. The van der Waals surface area contributed by atoms with E-state index in [1.165, 1.54) is 13.2 Å². The number of alkyl halides is 3. The minimum absolute atomic E-state index is 0.0997. The lowest BCUT2D eigenvalue weighted by Crippen LogP contribution is -2.37. The van der Waals surface area contributed by atoms with Gasteiger partial charge in [0.2, 0.25) is 5.96 Å². The number of aromatic amines is 1. The zero-order valence-corrected chi connectivity index (χ0v) is 19.8. The lowest BCUT2D eigenvalue weighted by atomic mass is 10.1. The van der Waals surface area contributed by atoms with Crippen molar-refractivity contribution < 1.29 is 49.0 Å². The molecule has 17 heteroatoms. The number of aromatic nitrogens is 2. The molecule has 0 aliphatic heterocycles. The van der Waals surface area contributed by atoms with E-state index in [1.54, 1.807) is 6.92 Å². The highest BCUT2D eigenvalue weighted by atomic mass is 32.3. The third kappa shape index (κ3) is 9.37. The zero-order valence-electron chi connectivity index (χ0n) is 19.0. The number of aliphatic imine (C=N–C) groups is 1. The van der Waals surface area contributed by atoms with Crippen molar-refractivity contribution in [2.75, 3.05) is 19.0 Å². The second-order valence-electron chi connectivity index (χ2n) is 7.27. The molecule has 1 aromatic heterocycles. The Bertz CT molecular complexity index is 1390. The van der Waals surface area contributed by atoms with Crippen molar-refractivity contribution in [3.05, 3.63) is 59.2 Å². The second kappa shape index (κ2) is 12.0. The van der Waals surface area contributed by atoms with Gasteiger partial charge in [-0.1, -0.05) is 0 Å². The van der Waals surface area contributed by atoms with Crippen LogP contribution in [0.25, 0.3) is 10.9 Å². The smallest absolute Gasteiger partial charge is 0.382 e. The fourth-order valence-electron chi connectivity index (χ4n) is 2.82. The molecule has 202 valence electrons. The largest absolute Gasteiger partial charge is 0.416 e. The van der Waals surface area contributed by atoms with Crippen LogP contribution in [0.1, 0.15) is 22.8 Å². The topological polar surface area (TPSA) is 166 Å². The Balaban J connectivity index is 0.000000877. The van der Waals surface area contributed by atoms with Gasteiger partial charge >= 0.3 is 16.6 Å². The monoisotopic (exact) mass is 553 g/mol. The number of benzene rings is 2. The molecule has 0 unspecified atom stereocenters. The number of H-pyrrole nitrogens is 1. The fraction of sp³-hybridized carbons (Fsp3) is 0.250. The van der Waals surface area contributed by atoms with Crippen LogP contribution in [0, 0.1) is 11.6 Å². The van der Waals surface area contributed by atoms with E-state index in [-0.39, 0.29) is 29.5 Å². The highest BCUT2D eigenvalue weighted by Crippen LogP contribution is 2.32. The lowest BCUT2D eigenvalue weighted by Gasteiger charge is -2.13. The zero-order chi connectivity index (χ0) is 28.0. The molecule has 1 atom stereocenters. The van der Waals surface area contributed by atoms with Crippen molar-refractivity contribution in [1.29, 1.82) is 0 Å². The summed E-state index contributed by atoms with van der Waals surface area (Å²) >= 11 is 0. The number of ether oxygens (including phenoxy) is 1. The normalized spacial score (nSPS) is 13.1. The van der Waals surface area contributed by atoms with Gasteiger partial charge in [0.05, 0.1) is 23.7 Å². The molecule has 0 radical (unpaired) electrons. The molecule has 5 N–H and O–H groups in total. The first kappa shape index (κ1) is 29.6. The standard InChI is InChI=1S/C20H18F5N5O2.H2O4S/c1-10(9-32-2)26-19(28-18(31)11-3-6-14(21)15(22)7-11)27-17-13-5-4-12(20(23,24)25)8-16(13)29-30-17;1-5(2,3)4/h3-8,10H,9H2,1-2H3,(H3,26,27,28,29,30,31);(H2,1,2,3,4)/t10-;/m0./s1. The summed E-state index contributed by atoms with van der Waals surface area (Å²) in [5, 5.41) is 11.9. The molecule has 0 spiro atoms. The van der Waals surface area contributed by atoms with Crippen LogP contribution in [0.3, 0.4) is 0 Å². The van der Waals surface area contributed by atoms with Gasteiger partial charge in [0, 0.05) is 18.1 Å². The summed E-state index contributed by atoms with van der Waals surface area (Å²) in [6.45, 7) is 1.88. The maximum Gasteiger partial charge on any atom is 0.416 e. The summed E-state index contributed by atoms with van der Waals surface area (Å²) in [4.78, 5) is 16.8. The summed E-state index contributed by atoms with van der Waals surface area (Å²) < 4.78 is 102. The minimum atomic E-state index is -4.67. The Morgan fingerprint density at radius 1 is 1.16 bits per heavy atom. The molecule has 0 aliphatic rings. The van der Waals surface area contributed by atoms with Gasteiger partial charge in [-0.25, -0.2) is 13.8 Å². The van der Waals surface area contributed by atoms with E-state index in [4.69, 9.17) is 22.3 Å². The summed E-state index contributed by atoms with van der Waals surface area (Å²) in [6, 6.07) is 5.20. The number of halogens is 5. The van der Waals surface area contributed by atoms with Crippen LogP contribution in [0.5, 0.6) is 0 Å². The van der Waals surface area contributed by atoms with Crippen molar-refractivity contribution in [1.82, 2.24) is 15.5 Å². The van der Waals surface area contributed by atoms with E-state index in [0.29, 0.717) is 5.39 Å². The molecular formula is C20H20F5N5O6S. The number of methoxy groups -OCH3 is 1. The number of nitrogens with zero attached hydrogens (tertiary/aromatic N) is 2. The molecule has 0 fully saturated rings. The second-order valence-corrected chi connectivity index (χ2v) is 8.16. The van der Waals surface area contributed by atoms with Crippen LogP contribution < -0.4 is 10.6 Å².